The zero-order valence-electron chi connectivity index (χ0n) is 32.6. The normalized spacial score (nSPS) is 17.0. The van der Waals surface area contributed by atoms with Crippen LogP contribution in [0.25, 0.3) is 10.4 Å². The van der Waals surface area contributed by atoms with E-state index in [-0.39, 0.29) is 62.5 Å². The summed E-state index contributed by atoms with van der Waals surface area (Å²) in [6.45, 7) is 9.40. The van der Waals surface area contributed by atoms with Crippen molar-refractivity contribution in [3.05, 3.63) is 69.8 Å². The molecule has 2 aromatic carbocycles. The second-order valence-electron chi connectivity index (χ2n) is 15.4. The standard InChI is InChI=1S/C40H54ClN7O6S.ClH/c1-23(26-11-13-27(14-12-26)35-24(2)44-22-55-35)45-38(53)32-20-30(49)21-48(32)39(54)36(40(3,4)5)47-34(51)10-8-6-7-9-25-17-28(41)19-29(18-25)46-37(52)31(42)15-16-33(43)50;/h11-14,17-19,22-23,30-32,36,49H,6-10,15-16,20-21,42H2,1-5H3,(H2,43,50)(H,45,53)(H,46,52)(H,47,51);1H/t23-,30+,31-,32-,36+;/m0./s1. The molecule has 13 nitrogen and oxygen atoms in total. The maximum absolute atomic E-state index is 14.0. The summed E-state index contributed by atoms with van der Waals surface area (Å²) in [5.41, 5.74) is 16.5. The molecular formula is C40H55Cl2N7O6S. The number of halogens is 2. The highest BCUT2D eigenvalue weighted by Gasteiger charge is 2.44. The van der Waals surface area contributed by atoms with E-state index < -0.39 is 47.4 Å². The molecule has 0 aliphatic carbocycles. The van der Waals surface area contributed by atoms with Crippen LogP contribution in [0.4, 0.5) is 5.69 Å². The fourth-order valence-corrected chi connectivity index (χ4v) is 7.64. The van der Waals surface area contributed by atoms with Gasteiger partial charge in [0.2, 0.25) is 29.5 Å². The van der Waals surface area contributed by atoms with Gasteiger partial charge in [-0.25, -0.2) is 4.98 Å². The third-order valence-corrected chi connectivity index (χ3v) is 10.9. The topological polar surface area (TPSA) is 210 Å². The molecule has 56 heavy (non-hydrogen) atoms. The number of carbonyl (C=O) groups is 5. The minimum absolute atomic E-state index is 0. The molecule has 1 aromatic heterocycles. The number of carbonyl (C=O) groups excluding carboxylic acids is 5. The van der Waals surface area contributed by atoms with Gasteiger partial charge in [0.25, 0.3) is 0 Å². The highest BCUT2D eigenvalue weighted by Crippen LogP contribution is 2.30. The molecule has 1 saturated heterocycles. The number of nitrogens with zero attached hydrogens (tertiary/aromatic N) is 2. The van der Waals surface area contributed by atoms with Crippen molar-refractivity contribution in [1.82, 2.24) is 20.5 Å². The molecule has 3 aromatic rings. The number of aliphatic hydroxyl groups is 1. The zero-order valence-corrected chi connectivity index (χ0v) is 35.0. The van der Waals surface area contributed by atoms with Crippen molar-refractivity contribution in [2.24, 2.45) is 16.9 Å². The van der Waals surface area contributed by atoms with Gasteiger partial charge >= 0.3 is 0 Å². The number of thiazole rings is 1. The SMILES string of the molecule is Cc1ncsc1-c1ccc([C@H](C)NC(=O)[C@@H]2C[C@@H](O)CN2C(=O)[C@@H](NC(=O)CCCCCc2cc(Cl)cc(NC(=O)[C@@H](N)CCC(N)=O)c2)C(C)(C)C)cc1.Cl. The fourth-order valence-electron chi connectivity index (χ4n) is 6.57. The minimum Gasteiger partial charge on any atom is -0.391 e. The summed E-state index contributed by atoms with van der Waals surface area (Å²) in [6, 6.07) is 10.1. The lowest BCUT2D eigenvalue weighted by Crippen LogP contribution is -2.57. The molecule has 1 aliphatic heterocycles. The van der Waals surface area contributed by atoms with Crippen LogP contribution in [-0.4, -0.2) is 75.3 Å². The number of benzene rings is 2. The van der Waals surface area contributed by atoms with Crippen molar-refractivity contribution in [2.75, 3.05) is 11.9 Å². The molecule has 0 spiro atoms. The number of aliphatic hydroxyl groups excluding tert-OH is 1. The van der Waals surface area contributed by atoms with Crippen molar-refractivity contribution < 1.29 is 29.1 Å². The molecule has 2 heterocycles. The molecule has 306 valence electrons. The Bertz CT molecular complexity index is 1830. The summed E-state index contributed by atoms with van der Waals surface area (Å²) in [5.74, 6) is -2.02. The summed E-state index contributed by atoms with van der Waals surface area (Å²) >= 11 is 7.87. The number of nitrogens with two attached hydrogens (primary N) is 2. The summed E-state index contributed by atoms with van der Waals surface area (Å²) in [7, 11) is 0. The van der Waals surface area contributed by atoms with E-state index in [1.165, 1.54) is 4.90 Å². The highest BCUT2D eigenvalue weighted by molar-refractivity contribution is 7.13. The minimum atomic E-state index is -0.912. The predicted octanol–water partition coefficient (Wildman–Crippen LogP) is 5.20. The quantitative estimate of drug-likeness (QED) is 0.0995. The Morgan fingerprint density at radius 1 is 1.04 bits per heavy atom. The Balaban J connectivity index is 0.00000841. The van der Waals surface area contributed by atoms with Crippen LogP contribution >= 0.6 is 35.3 Å². The van der Waals surface area contributed by atoms with Gasteiger partial charge in [0.1, 0.15) is 12.1 Å². The first kappa shape index (κ1) is 46.3. The predicted molar refractivity (Wildman–Crippen MR) is 222 cm³/mol. The third-order valence-electron chi connectivity index (χ3n) is 9.69. The van der Waals surface area contributed by atoms with Gasteiger partial charge in [-0.1, -0.05) is 63.1 Å². The lowest BCUT2D eigenvalue weighted by Gasteiger charge is -2.35. The molecule has 0 unspecified atom stereocenters. The number of anilines is 1. The molecule has 1 aliphatic rings. The number of aryl methyl sites for hydroxylation is 2. The lowest BCUT2D eigenvalue weighted by molar-refractivity contribution is -0.144. The van der Waals surface area contributed by atoms with E-state index in [2.05, 4.69) is 20.9 Å². The number of amides is 5. The molecule has 0 saturated carbocycles. The Morgan fingerprint density at radius 2 is 1.73 bits per heavy atom. The van der Waals surface area contributed by atoms with Gasteiger partial charge < -0.3 is 37.4 Å². The average molecular weight is 833 g/mol. The summed E-state index contributed by atoms with van der Waals surface area (Å²) in [4.78, 5) is 71.1. The van der Waals surface area contributed by atoms with Gasteiger partial charge in [0.15, 0.2) is 0 Å². The molecular weight excluding hydrogens is 777 g/mol. The number of aromatic nitrogens is 1. The molecule has 0 radical (unpaired) electrons. The Kier molecular flexibility index (Phi) is 17.3. The van der Waals surface area contributed by atoms with Crippen LogP contribution in [0.2, 0.25) is 5.02 Å². The number of likely N-dealkylation sites (tertiary alicyclic amines) is 1. The van der Waals surface area contributed by atoms with Crippen LogP contribution in [0, 0.1) is 12.3 Å². The van der Waals surface area contributed by atoms with Gasteiger partial charge in [0.05, 0.1) is 34.3 Å². The molecule has 4 rings (SSSR count). The average Bonchev–Trinajstić information content (AvgIpc) is 3.73. The van der Waals surface area contributed by atoms with Crippen molar-refractivity contribution >= 4 is 70.6 Å². The Hall–Kier alpha value is -4.08. The summed E-state index contributed by atoms with van der Waals surface area (Å²) < 4.78 is 0. The Morgan fingerprint density at radius 3 is 2.36 bits per heavy atom. The van der Waals surface area contributed by atoms with Crippen molar-refractivity contribution in [3.8, 4) is 10.4 Å². The Labute approximate surface area is 344 Å². The summed E-state index contributed by atoms with van der Waals surface area (Å²) in [6.07, 6.45) is 2.27. The van der Waals surface area contributed by atoms with E-state index in [1.54, 1.807) is 17.4 Å². The van der Waals surface area contributed by atoms with Crippen LogP contribution in [0.15, 0.2) is 48.0 Å². The van der Waals surface area contributed by atoms with Crippen LogP contribution in [0.1, 0.15) is 95.5 Å². The number of hydrogen-bond donors (Lipinski definition) is 6. The molecule has 16 heteroatoms. The second kappa shape index (κ2) is 20.9. The zero-order chi connectivity index (χ0) is 40.4. The van der Waals surface area contributed by atoms with Crippen LogP contribution in [-0.2, 0) is 30.4 Å². The first-order valence-electron chi connectivity index (χ1n) is 18.7. The van der Waals surface area contributed by atoms with E-state index in [0.717, 1.165) is 40.1 Å². The second-order valence-corrected chi connectivity index (χ2v) is 16.7. The van der Waals surface area contributed by atoms with E-state index in [4.69, 9.17) is 23.1 Å². The first-order valence-corrected chi connectivity index (χ1v) is 19.9. The van der Waals surface area contributed by atoms with Gasteiger partial charge in [-0.15, -0.1) is 23.7 Å². The van der Waals surface area contributed by atoms with Crippen molar-refractivity contribution in [1.29, 1.82) is 0 Å². The molecule has 8 N–H and O–H groups in total. The van der Waals surface area contributed by atoms with Crippen molar-refractivity contribution in [2.45, 2.75) is 116 Å². The first-order chi connectivity index (χ1) is 25.9. The largest absolute Gasteiger partial charge is 0.391 e. The van der Waals surface area contributed by atoms with Crippen LogP contribution in [0.3, 0.4) is 0 Å². The molecule has 0 bridgehead atoms. The molecule has 1 fully saturated rings. The smallest absolute Gasteiger partial charge is 0.246 e. The molecule has 5 amide bonds. The third kappa shape index (κ3) is 13.3. The maximum atomic E-state index is 14.0. The number of rotatable bonds is 17. The van der Waals surface area contributed by atoms with E-state index in [1.807, 2.05) is 76.5 Å². The number of nitrogens with one attached hydrogen (secondary N) is 3. The fraction of sp³-hybridized carbons (Fsp3) is 0.500. The monoisotopic (exact) mass is 831 g/mol. The van der Waals surface area contributed by atoms with Gasteiger partial charge in [-0.2, -0.15) is 0 Å². The van der Waals surface area contributed by atoms with Crippen LogP contribution < -0.4 is 27.4 Å². The molecule has 5 atom stereocenters. The highest BCUT2D eigenvalue weighted by atomic mass is 35.5. The van der Waals surface area contributed by atoms with E-state index >= 15 is 0 Å². The van der Waals surface area contributed by atoms with Gasteiger partial charge in [0, 0.05) is 36.5 Å². The van der Waals surface area contributed by atoms with Gasteiger partial charge in [-0.05, 0) is 79.8 Å². The van der Waals surface area contributed by atoms with Crippen LogP contribution in [0.5, 0.6) is 0 Å². The number of unbranched alkanes of at least 4 members (excludes halogenated alkanes) is 2. The summed E-state index contributed by atoms with van der Waals surface area (Å²) in [5, 5.41) is 19.7. The van der Waals surface area contributed by atoms with Crippen molar-refractivity contribution in [3.63, 3.8) is 0 Å². The van der Waals surface area contributed by atoms with E-state index in [9.17, 15) is 29.1 Å². The van der Waals surface area contributed by atoms with E-state index in [0.29, 0.717) is 23.6 Å². The lowest BCUT2D eigenvalue weighted by atomic mass is 9.85. The number of primary amides is 1. The number of hydrogen-bond acceptors (Lipinski definition) is 9. The maximum Gasteiger partial charge on any atom is 0.246 e. The number of β-amino-alcohol motifs (C(OH)–C–C–N with tert-alkyl or cyclic N) is 1. The van der Waals surface area contributed by atoms with Gasteiger partial charge in [-0.3, -0.25) is 24.0 Å².